The highest BCUT2D eigenvalue weighted by Gasteiger charge is 2.44. The van der Waals surface area contributed by atoms with Gasteiger partial charge in [-0.3, -0.25) is 0 Å². The van der Waals surface area contributed by atoms with E-state index < -0.39 is 0 Å². The van der Waals surface area contributed by atoms with Crippen LogP contribution in [0, 0.1) is 0 Å². The Morgan fingerprint density at radius 1 is 0.365 bits per heavy atom. The van der Waals surface area contributed by atoms with Crippen LogP contribution in [0.25, 0.3) is 78.1 Å². The Labute approximate surface area is 305 Å². The third-order valence-corrected chi connectivity index (χ3v) is 11.5. The summed E-state index contributed by atoms with van der Waals surface area (Å²) in [5, 5.41) is 2.66. The van der Waals surface area contributed by atoms with Crippen molar-refractivity contribution >= 4 is 10.8 Å². The zero-order chi connectivity index (χ0) is 34.5. The molecule has 10 rings (SSSR count). The molecule has 7 aromatic carbocycles. The molecule has 0 N–H and O–H groups in total. The van der Waals surface area contributed by atoms with Crippen LogP contribution < -0.4 is 0 Å². The number of rotatable bonds is 5. The van der Waals surface area contributed by atoms with Crippen LogP contribution in [0.3, 0.4) is 0 Å². The van der Waals surface area contributed by atoms with E-state index in [9.17, 15) is 0 Å². The van der Waals surface area contributed by atoms with E-state index in [-0.39, 0.29) is 5.41 Å². The molecule has 52 heavy (non-hydrogen) atoms. The van der Waals surface area contributed by atoms with Crippen molar-refractivity contribution in [1.82, 2.24) is 9.97 Å². The zero-order valence-electron chi connectivity index (χ0n) is 29.1. The predicted octanol–water partition coefficient (Wildman–Crippen LogP) is 13.2. The van der Waals surface area contributed by atoms with E-state index in [0.29, 0.717) is 0 Å². The Kier molecular flexibility index (Phi) is 7.42. The Bertz CT molecular complexity index is 2580. The smallest absolute Gasteiger partial charge is 0.160 e. The molecule has 0 aliphatic heterocycles. The van der Waals surface area contributed by atoms with Gasteiger partial charge in [-0.15, -0.1) is 0 Å². The van der Waals surface area contributed by atoms with Crippen LogP contribution in [0.15, 0.2) is 170 Å². The second-order valence-electron chi connectivity index (χ2n) is 14.5. The molecule has 2 aliphatic carbocycles. The maximum atomic E-state index is 5.14. The summed E-state index contributed by atoms with van der Waals surface area (Å²) < 4.78 is 0. The lowest BCUT2D eigenvalue weighted by atomic mass is 9.67. The average Bonchev–Trinajstić information content (AvgIpc) is 3.48. The molecule has 0 unspecified atom stereocenters. The minimum Gasteiger partial charge on any atom is -0.228 e. The predicted molar refractivity (Wildman–Crippen MR) is 216 cm³/mol. The second kappa shape index (κ2) is 12.6. The van der Waals surface area contributed by atoms with E-state index in [0.717, 1.165) is 33.9 Å². The Morgan fingerprint density at radius 2 is 0.962 bits per heavy atom. The van der Waals surface area contributed by atoms with Crippen LogP contribution in [0.5, 0.6) is 0 Å². The molecule has 8 aromatic rings. The van der Waals surface area contributed by atoms with Crippen molar-refractivity contribution < 1.29 is 0 Å². The Hall–Kier alpha value is -6.12. The highest BCUT2D eigenvalue weighted by atomic mass is 14.9. The number of hydrogen-bond donors (Lipinski definition) is 0. The lowest BCUT2D eigenvalue weighted by Gasteiger charge is -2.36. The van der Waals surface area contributed by atoms with Gasteiger partial charge in [0.25, 0.3) is 0 Å². The minimum atomic E-state index is 0.103. The van der Waals surface area contributed by atoms with E-state index in [1.165, 1.54) is 87.4 Å². The van der Waals surface area contributed by atoms with Crippen LogP contribution >= 0.6 is 0 Å². The SMILES string of the molecule is c1ccc(-c2cccc(-c3cc(-c4ccc(-c5cccc6c5-c5cc7ccccc7cc5C65CCCCC5)cc4)nc(-c4ccccc4)n3)c2)cc1. The quantitative estimate of drug-likeness (QED) is 0.183. The lowest BCUT2D eigenvalue weighted by Crippen LogP contribution is -2.28. The topological polar surface area (TPSA) is 25.8 Å². The minimum absolute atomic E-state index is 0.103. The first-order valence-electron chi connectivity index (χ1n) is 18.6. The maximum absolute atomic E-state index is 5.14. The Morgan fingerprint density at radius 3 is 1.71 bits per heavy atom. The molecule has 0 amide bonds. The number of hydrogen-bond acceptors (Lipinski definition) is 2. The summed E-state index contributed by atoms with van der Waals surface area (Å²) in [6.07, 6.45) is 6.35. The zero-order valence-corrected chi connectivity index (χ0v) is 29.1. The molecule has 1 aromatic heterocycles. The summed E-state index contributed by atoms with van der Waals surface area (Å²) in [5.74, 6) is 0.727. The van der Waals surface area contributed by atoms with E-state index in [2.05, 4.69) is 152 Å². The summed E-state index contributed by atoms with van der Waals surface area (Å²) in [7, 11) is 0. The van der Waals surface area contributed by atoms with Gasteiger partial charge in [0.15, 0.2) is 5.82 Å². The van der Waals surface area contributed by atoms with Gasteiger partial charge in [0.1, 0.15) is 0 Å². The normalized spacial score (nSPS) is 14.3. The molecule has 1 fully saturated rings. The molecule has 0 saturated heterocycles. The highest BCUT2D eigenvalue weighted by Crippen LogP contribution is 2.58. The summed E-state index contributed by atoms with van der Waals surface area (Å²) in [6, 6.07) is 61.6. The fraction of sp³-hybridized carbons (Fsp3) is 0.120. The van der Waals surface area contributed by atoms with Crippen molar-refractivity contribution in [2.45, 2.75) is 37.5 Å². The first-order valence-corrected chi connectivity index (χ1v) is 18.6. The van der Waals surface area contributed by atoms with Crippen LogP contribution in [-0.4, -0.2) is 9.97 Å². The standard InChI is InChI=1S/C50H38N2/c1-4-14-34(15-5-1)38-20-12-21-41(30-38)47-33-46(51-49(52-47)37-16-6-2-7-17-37)36-26-24-35(25-27-36)42-22-13-23-44-48(42)43-31-39-18-8-9-19-40(39)32-45(43)50(44)28-10-3-11-29-50/h1-2,4-9,12-27,30-33H,3,10-11,28-29H2. The molecule has 2 aliphatic rings. The van der Waals surface area contributed by atoms with E-state index >= 15 is 0 Å². The van der Waals surface area contributed by atoms with Gasteiger partial charge in [0, 0.05) is 22.1 Å². The molecular weight excluding hydrogens is 629 g/mol. The second-order valence-corrected chi connectivity index (χ2v) is 14.5. The molecule has 0 atom stereocenters. The summed E-state index contributed by atoms with van der Waals surface area (Å²) in [5.41, 5.74) is 15.9. The monoisotopic (exact) mass is 666 g/mol. The molecular formula is C50H38N2. The van der Waals surface area contributed by atoms with Crippen molar-refractivity contribution in [3.63, 3.8) is 0 Å². The third-order valence-electron chi connectivity index (χ3n) is 11.5. The van der Waals surface area contributed by atoms with Crippen molar-refractivity contribution in [3.8, 4) is 67.3 Å². The largest absolute Gasteiger partial charge is 0.228 e. The van der Waals surface area contributed by atoms with Gasteiger partial charge in [0.05, 0.1) is 11.4 Å². The fourth-order valence-corrected chi connectivity index (χ4v) is 8.93. The summed E-state index contributed by atoms with van der Waals surface area (Å²) in [4.78, 5) is 10.3. The van der Waals surface area contributed by atoms with Crippen LogP contribution in [0.4, 0.5) is 0 Å². The molecule has 1 saturated carbocycles. The fourth-order valence-electron chi connectivity index (χ4n) is 8.93. The van der Waals surface area contributed by atoms with Gasteiger partial charge in [0.2, 0.25) is 0 Å². The molecule has 0 radical (unpaired) electrons. The molecule has 2 heteroatoms. The van der Waals surface area contributed by atoms with Crippen molar-refractivity contribution in [1.29, 1.82) is 0 Å². The molecule has 1 spiro atoms. The van der Waals surface area contributed by atoms with Crippen LogP contribution in [0.1, 0.15) is 43.2 Å². The average molecular weight is 667 g/mol. The summed E-state index contributed by atoms with van der Waals surface area (Å²) in [6.45, 7) is 0. The van der Waals surface area contributed by atoms with Gasteiger partial charge in [-0.05, 0) is 92.4 Å². The Balaban J connectivity index is 1.08. The number of nitrogens with zero attached hydrogens (tertiary/aromatic N) is 2. The van der Waals surface area contributed by atoms with Crippen LogP contribution in [0.2, 0.25) is 0 Å². The first-order chi connectivity index (χ1) is 25.7. The van der Waals surface area contributed by atoms with E-state index in [1.54, 1.807) is 0 Å². The molecule has 0 bridgehead atoms. The lowest BCUT2D eigenvalue weighted by molar-refractivity contribution is 0.353. The van der Waals surface area contributed by atoms with E-state index in [1.807, 2.05) is 18.2 Å². The van der Waals surface area contributed by atoms with Crippen molar-refractivity contribution in [2.24, 2.45) is 0 Å². The number of aromatic nitrogens is 2. The van der Waals surface area contributed by atoms with E-state index in [4.69, 9.17) is 9.97 Å². The van der Waals surface area contributed by atoms with Gasteiger partial charge in [-0.25, -0.2) is 9.97 Å². The van der Waals surface area contributed by atoms with Crippen molar-refractivity contribution in [2.75, 3.05) is 0 Å². The molecule has 248 valence electrons. The highest BCUT2D eigenvalue weighted by molar-refractivity contribution is 5.99. The van der Waals surface area contributed by atoms with Gasteiger partial charge in [-0.1, -0.05) is 165 Å². The number of benzene rings is 7. The van der Waals surface area contributed by atoms with Gasteiger partial charge < -0.3 is 0 Å². The molecule has 1 heterocycles. The first kappa shape index (κ1) is 30.7. The third kappa shape index (κ3) is 5.17. The van der Waals surface area contributed by atoms with Crippen LogP contribution in [-0.2, 0) is 5.41 Å². The van der Waals surface area contributed by atoms with Gasteiger partial charge in [-0.2, -0.15) is 0 Å². The number of fused-ring (bicyclic) bond motifs is 6. The molecule has 2 nitrogen and oxygen atoms in total. The maximum Gasteiger partial charge on any atom is 0.160 e. The summed E-state index contributed by atoms with van der Waals surface area (Å²) >= 11 is 0. The van der Waals surface area contributed by atoms with Gasteiger partial charge >= 0.3 is 0 Å². The van der Waals surface area contributed by atoms with Crippen molar-refractivity contribution in [3.05, 3.63) is 181 Å².